The van der Waals surface area contributed by atoms with Crippen LogP contribution in [-0.4, -0.2) is 36.6 Å². The van der Waals surface area contributed by atoms with Crippen molar-refractivity contribution in [3.05, 3.63) is 0 Å². The highest BCUT2D eigenvalue weighted by atomic mass is 15.2. The van der Waals surface area contributed by atoms with Crippen LogP contribution in [0.1, 0.15) is 47.5 Å². The minimum Gasteiger partial charge on any atom is -0.315 e. The minimum absolute atomic E-state index is 0.661. The molecular formula is C12H28N2. The molecule has 0 aliphatic carbocycles. The van der Waals surface area contributed by atoms with E-state index in [2.05, 4.69) is 44.8 Å². The molecule has 0 radical (unpaired) electrons. The first-order chi connectivity index (χ1) is 6.67. The molecule has 14 heavy (non-hydrogen) atoms. The lowest BCUT2D eigenvalue weighted by atomic mass is 10.1. The van der Waals surface area contributed by atoms with Crippen LogP contribution in [-0.2, 0) is 0 Å². The van der Waals surface area contributed by atoms with Gasteiger partial charge >= 0.3 is 0 Å². The molecule has 0 bridgehead atoms. The molecule has 2 nitrogen and oxygen atoms in total. The number of nitrogens with one attached hydrogen (secondary N) is 1. The SMILES string of the molecule is CCCNCC(CC)N(CC)C(C)C. The zero-order chi connectivity index (χ0) is 11.0. The van der Waals surface area contributed by atoms with Gasteiger partial charge in [-0.2, -0.15) is 0 Å². The Kier molecular flexibility index (Phi) is 8.20. The van der Waals surface area contributed by atoms with Gasteiger partial charge in [-0.05, 0) is 39.8 Å². The molecule has 1 N–H and O–H groups in total. The molecule has 0 heterocycles. The van der Waals surface area contributed by atoms with Crippen molar-refractivity contribution >= 4 is 0 Å². The van der Waals surface area contributed by atoms with Crippen LogP contribution >= 0.6 is 0 Å². The van der Waals surface area contributed by atoms with E-state index in [0.717, 1.165) is 19.6 Å². The van der Waals surface area contributed by atoms with E-state index in [4.69, 9.17) is 0 Å². The summed E-state index contributed by atoms with van der Waals surface area (Å²) >= 11 is 0. The summed E-state index contributed by atoms with van der Waals surface area (Å²) in [7, 11) is 0. The first-order valence-corrected chi connectivity index (χ1v) is 6.13. The standard InChI is InChI=1S/C12H28N2/c1-6-9-13-10-12(7-2)14(8-3)11(4)5/h11-13H,6-10H2,1-5H3. The fourth-order valence-corrected chi connectivity index (χ4v) is 1.99. The first-order valence-electron chi connectivity index (χ1n) is 6.13. The maximum atomic E-state index is 3.51. The first kappa shape index (κ1) is 13.9. The monoisotopic (exact) mass is 200 g/mol. The molecular weight excluding hydrogens is 172 g/mol. The Morgan fingerprint density at radius 1 is 1.14 bits per heavy atom. The van der Waals surface area contributed by atoms with Crippen molar-refractivity contribution in [2.75, 3.05) is 19.6 Å². The minimum atomic E-state index is 0.661. The quantitative estimate of drug-likeness (QED) is 0.606. The number of nitrogens with zero attached hydrogens (tertiary/aromatic N) is 1. The predicted octanol–water partition coefficient (Wildman–Crippen LogP) is 2.49. The number of hydrogen-bond acceptors (Lipinski definition) is 2. The van der Waals surface area contributed by atoms with E-state index in [1.54, 1.807) is 0 Å². The summed E-state index contributed by atoms with van der Waals surface area (Å²) in [6.07, 6.45) is 2.47. The molecule has 0 amide bonds. The summed E-state index contributed by atoms with van der Waals surface area (Å²) in [5, 5.41) is 3.51. The Bertz CT molecular complexity index is 123. The fourth-order valence-electron chi connectivity index (χ4n) is 1.99. The molecule has 0 rings (SSSR count). The van der Waals surface area contributed by atoms with E-state index in [0.29, 0.717) is 12.1 Å². The van der Waals surface area contributed by atoms with Crippen LogP contribution < -0.4 is 5.32 Å². The topological polar surface area (TPSA) is 15.3 Å². The van der Waals surface area contributed by atoms with Gasteiger partial charge in [0.2, 0.25) is 0 Å². The largest absolute Gasteiger partial charge is 0.315 e. The number of likely N-dealkylation sites (N-methyl/N-ethyl adjacent to an activating group) is 1. The van der Waals surface area contributed by atoms with E-state index in [-0.39, 0.29) is 0 Å². The van der Waals surface area contributed by atoms with Gasteiger partial charge in [-0.1, -0.05) is 20.8 Å². The van der Waals surface area contributed by atoms with Crippen molar-refractivity contribution in [1.29, 1.82) is 0 Å². The second-order valence-corrected chi connectivity index (χ2v) is 4.19. The normalized spacial score (nSPS) is 13.9. The molecule has 0 aromatic rings. The van der Waals surface area contributed by atoms with Gasteiger partial charge in [0.15, 0.2) is 0 Å². The van der Waals surface area contributed by atoms with Crippen molar-refractivity contribution in [3.8, 4) is 0 Å². The number of hydrogen-bond donors (Lipinski definition) is 1. The van der Waals surface area contributed by atoms with Crippen LogP contribution in [0, 0.1) is 0 Å². The molecule has 2 heteroatoms. The van der Waals surface area contributed by atoms with Gasteiger partial charge in [0.1, 0.15) is 0 Å². The summed E-state index contributed by atoms with van der Waals surface area (Å²) in [6.45, 7) is 14.8. The summed E-state index contributed by atoms with van der Waals surface area (Å²) in [4.78, 5) is 2.57. The Balaban J connectivity index is 3.95. The average Bonchev–Trinajstić information content (AvgIpc) is 2.16. The molecule has 1 atom stereocenters. The maximum absolute atomic E-state index is 3.51. The van der Waals surface area contributed by atoms with Crippen molar-refractivity contribution in [3.63, 3.8) is 0 Å². The molecule has 0 saturated carbocycles. The average molecular weight is 200 g/mol. The van der Waals surface area contributed by atoms with E-state index < -0.39 is 0 Å². The molecule has 0 aliphatic rings. The van der Waals surface area contributed by atoms with Gasteiger partial charge in [-0.3, -0.25) is 4.90 Å². The molecule has 1 unspecified atom stereocenters. The highest BCUT2D eigenvalue weighted by molar-refractivity contribution is 4.74. The van der Waals surface area contributed by atoms with E-state index >= 15 is 0 Å². The summed E-state index contributed by atoms with van der Waals surface area (Å²) < 4.78 is 0. The van der Waals surface area contributed by atoms with Crippen LogP contribution in [0.5, 0.6) is 0 Å². The Hall–Kier alpha value is -0.0800. The van der Waals surface area contributed by atoms with Gasteiger partial charge in [0, 0.05) is 18.6 Å². The smallest absolute Gasteiger partial charge is 0.0220 e. The second-order valence-electron chi connectivity index (χ2n) is 4.19. The molecule has 0 aromatic carbocycles. The lowest BCUT2D eigenvalue weighted by Gasteiger charge is -2.33. The van der Waals surface area contributed by atoms with Crippen molar-refractivity contribution in [2.45, 2.75) is 59.5 Å². The second kappa shape index (κ2) is 8.25. The molecule has 0 saturated heterocycles. The molecule has 0 aromatic heterocycles. The van der Waals surface area contributed by atoms with Crippen LogP contribution in [0.25, 0.3) is 0 Å². The Morgan fingerprint density at radius 2 is 1.79 bits per heavy atom. The third kappa shape index (κ3) is 4.97. The Labute approximate surface area is 90.1 Å². The van der Waals surface area contributed by atoms with E-state index in [9.17, 15) is 0 Å². The van der Waals surface area contributed by atoms with Gasteiger partial charge in [-0.15, -0.1) is 0 Å². The van der Waals surface area contributed by atoms with Crippen molar-refractivity contribution < 1.29 is 0 Å². The van der Waals surface area contributed by atoms with Crippen LogP contribution in [0.15, 0.2) is 0 Å². The zero-order valence-electron chi connectivity index (χ0n) is 10.6. The van der Waals surface area contributed by atoms with E-state index in [1.807, 2.05) is 0 Å². The van der Waals surface area contributed by atoms with E-state index in [1.165, 1.54) is 12.8 Å². The molecule has 0 spiro atoms. The third-order valence-corrected chi connectivity index (χ3v) is 2.78. The van der Waals surface area contributed by atoms with Crippen LogP contribution in [0.4, 0.5) is 0 Å². The van der Waals surface area contributed by atoms with Gasteiger partial charge in [-0.25, -0.2) is 0 Å². The predicted molar refractivity (Wildman–Crippen MR) is 64.8 cm³/mol. The summed E-state index contributed by atoms with van der Waals surface area (Å²) in [5.41, 5.74) is 0. The van der Waals surface area contributed by atoms with Gasteiger partial charge < -0.3 is 5.32 Å². The molecule has 0 fully saturated rings. The zero-order valence-corrected chi connectivity index (χ0v) is 10.6. The highest BCUT2D eigenvalue weighted by Gasteiger charge is 2.16. The van der Waals surface area contributed by atoms with Gasteiger partial charge in [0.05, 0.1) is 0 Å². The highest BCUT2D eigenvalue weighted by Crippen LogP contribution is 2.07. The Morgan fingerprint density at radius 3 is 2.14 bits per heavy atom. The van der Waals surface area contributed by atoms with Crippen LogP contribution in [0.2, 0.25) is 0 Å². The fraction of sp³-hybridized carbons (Fsp3) is 1.00. The summed E-state index contributed by atoms with van der Waals surface area (Å²) in [6, 6.07) is 1.36. The van der Waals surface area contributed by atoms with Crippen LogP contribution in [0.3, 0.4) is 0 Å². The lowest BCUT2D eigenvalue weighted by Crippen LogP contribution is -2.45. The van der Waals surface area contributed by atoms with Gasteiger partial charge in [0.25, 0.3) is 0 Å². The lowest BCUT2D eigenvalue weighted by molar-refractivity contribution is 0.154. The maximum Gasteiger partial charge on any atom is 0.0220 e. The molecule has 86 valence electrons. The third-order valence-electron chi connectivity index (χ3n) is 2.78. The van der Waals surface area contributed by atoms with Crippen molar-refractivity contribution in [1.82, 2.24) is 10.2 Å². The molecule has 0 aliphatic heterocycles. The summed E-state index contributed by atoms with van der Waals surface area (Å²) in [5.74, 6) is 0. The van der Waals surface area contributed by atoms with Crippen molar-refractivity contribution in [2.24, 2.45) is 0 Å². The number of rotatable bonds is 8.